The molecule has 96 valence electrons. The van der Waals surface area contributed by atoms with Crippen LogP contribution in [0.2, 0.25) is 0 Å². The summed E-state index contributed by atoms with van der Waals surface area (Å²) in [6, 6.07) is 7.49. The van der Waals surface area contributed by atoms with E-state index in [1.807, 2.05) is 56.4 Å². The van der Waals surface area contributed by atoms with Gasteiger partial charge in [-0.15, -0.1) is 0 Å². The van der Waals surface area contributed by atoms with E-state index < -0.39 is 0 Å². The molecule has 0 spiro atoms. The van der Waals surface area contributed by atoms with Gasteiger partial charge in [-0.1, -0.05) is 0 Å². The predicted octanol–water partition coefficient (Wildman–Crippen LogP) is 2.24. The maximum Gasteiger partial charge on any atom is 0.248 e. The van der Waals surface area contributed by atoms with E-state index in [4.69, 9.17) is 4.74 Å². The van der Waals surface area contributed by atoms with Crippen molar-refractivity contribution in [1.29, 1.82) is 0 Å². The average Bonchev–Trinajstić information content (AvgIpc) is 2.79. The number of rotatable bonds is 3. The van der Waals surface area contributed by atoms with Crippen LogP contribution in [-0.4, -0.2) is 42.6 Å². The molecule has 2 rings (SSSR count). The summed E-state index contributed by atoms with van der Waals surface area (Å²) in [4.78, 5) is 14.2. The Kier molecular flexibility index (Phi) is 3.39. The lowest BCUT2D eigenvalue weighted by Crippen LogP contribution is -2.36. The van der Waals surface area contributed by atoms with E-state index in [1.165, 1.54) is 0 Å². The van der Waals surface area contributed by atoms with Crippen molar-refractivity contribution in [2.75, 3.05) is 21.2 Å². The van der Waals surface area contributed by atoms with Gasteiger partial charge in [-0.05, 0) is 45.3 Å². The molecule has 4 heteroatoms. The number of aromatic nitrogens is 1. The number of carbonyl (C=O) groups excluding carboxylic acids is 1. The highest BCUT2D eigenvalue weighted by molar-refractivity contribution is 5.95. The molecule has 0 radical (unpaired) electrons. The van der Waals surface area contributed by atoms with E-state index in [1.54, 1.807) is 11.7 Å². The molecule has 0 fully saturated rings. The second-order valence-electron chi connectivity index (χ2n) is 4.59. The van der Waals surface area contributed by atoms with Gasteiger partial charge in [0.1, 0.15) is 5.75 Å². The molecule has 2 aromatic rings. The fourth-order valence-corrected chi connectivity index (χ4v) is 1.86. The number of likely N-dealkylation sites (N-methyl/N-ethyl adjacent to an activating group) is 1. The summed E-state index contributed by atoms with van der Waals surface area (Å²) in [7, 11) is 5.44. The molecule has 0 amide bonds. The fourth-order valence-electron chi connectivity index (χ4n) is 1.86. The first-order valence-corrected chi connectivity index (χ1v) is 5.90. The Morgan fingerprint density at radius 3 is 2.67 bits per heavy atom. The van der Waals surface area contributed by atoms with Crippen LogP contribution in [0.5, 0.6) is 5.75 Å². The number of carbonyl (C=O) groups is 1. The molecule has 0 bridgehead atoms. The summed E-state index contributed by atoms with van der Waals surface area (Å²) in [5.74, 6) is 0.869. The third-order valence-corrected chi connectivity index (χ3v) is 3.27. The Morgan fingerprint density at radius 2 is 2.06 bits per heavy atom. The normalized spacial score (nSPS) is 12.9. The second kappa shape index (κ2) is 4.82. The van der Waals surface area contributed by atoms with Gasteiger partial charge in [0, 0.05) is 11.6 Å². The Morgan fingerprint density at radius 1 is 1.33 bits per heavy atom. The fraction of sp³-hybridized carbons (Fsp3) is 0.357. The number of ether oxygens (including phenoxy) is 1. The summed E-state index contributed by atoms with van der Waals surface area (Å²) in [5.41, 5.74) is 0.912. The van der Waals surface area contributed by atoms with Crippen LogP contribution in [-0.2, 0) is 0 Å². The summed E-state index contributed by atoms with van der Waals surface area (Å²) in [5, 5.41) is 1.01. The van der Waals surface area contributed by atoms with Crippen molar-refractivity contribution >= 4 is 16.8 Å². The lowest BCUT2D eigenvalue weighted by molar-refractivity contribution is 0.0809. The summed E-state index contributed by atoms with van der Waals surface area (Å²) in [6.07, 6.45) is 1.81. The Hall–Kier alpha value is -1.81. The van der Waals surface area contributed by atoms with Crippen LogP contribution in [0, 0.1) is 0 Å². The molecule has 1 aromatic carbocycles. The van der Waals surface area contributed by atoms with E-state index in [-0.39, 0.29) is 11.9 Å². The zero-order valence-electron chi connectivity index (χ0n) is 11.2. The maximum atomic E-state index is 12.3. The van der Waals surface area contributed by atoms with Gasteiger partial charge in [0.15, 0.2) is 0 Å². The third-order valence-electron chi connectivity index (χ3n) is 3.27. The Bertz CT molecular complexity index is 572. The lowest BCUT2D eigenvalue weighted by Gasteiger charge is -2.19. The van der Waals surface area contributed by atoms with E-state index in [2.05, 4.69) is 0 Å². The molecule has 0 aliphatic rings. The number of fused-ring (bicyclic) bond motifs is 1. The van der Waals surface area contributed by atoms with Crippen LogP contribution >= 0.6 is 0 Å². The monoisotopic (exact) mass is 246 g/mol. The highest BCUT2D eigenvalue weighted by atomic mass is 16.5. The number of hydrogen-bond donors (Lipinski definition) is 0. The molecule has 0 aliphatic carbocycles. The number of benzene rings is 1. The zero-order valence-corrected chi connectivity index (χ0v) is 11.2. The van der Waals surface area contributed by atoms with Crippen LogP contribution in [0.4, 0.5) is 0 Å². The molecule has 0 saturated carbocycles. The Balaban J connectivity index is 2.43. The standard InChI is InChI=1S/C14H18N2O2/c1-10(15(2)3)14(17)16-8-7-11-9-12(18-4)5-6-13(11)16/h5-10H,1-4H3. The molecule has 1 atom stereocenters. The summed E-state index contributed by atoms with van der Waals surface area (Å²) in [6.45, 7) is 1.90. The number of hydrogen-bond acceptors (Lipinski definition) is 3. The van der Waals surface area contributed by atoms with Crippen LogP contribution in [0.15, 0.2) is 30.5 Å². The van der Waals surface area contributed by atoms with Crippen molar-refractivity contribution in [3.8, 4) is 5.75 Å². The molecular formula is C14H18N2O2. The van der Waals surface area contributed by atoms with Crippen LogP contribution < -0.4 is 4.74 Å². The first-order chi connectivity index (χ1) is 8.54. The van der Waals surface area contributed by atoms with Gasteiger partial charge in [0.05, 0.1) is 18.7 Å². The van der Waals surface area contributed by atoms with Gasteiger partial charge >= 0.3 is 0 Å². The number of nitrogens with zero attached hydrogens (tertiary/aromatic N) is 2. The van der Waals surface area contributed by atoms with Gasteiger partial charge in [-0.3, -0.25) is 14.3 Å². The van der Waals surface area contributed by atoms with Gasteiger partial charge in [0.2, 0.25) is 5.91 Å². The minimum Gasteiger partial charge on any atom is -0.497 e. The molecule has 0 aliphatic heterocycles. The van der Waals surface area contributed by atoms with E-state index in [0.717, 1.165) is 16.7 Å². The Labute approximate surface area is 107 Å². The average molecular weight is 246 g/mol. The van der Waals surface area contributed by atoms with Gasteiger partial charge in [-0.25, -0.2) is 0 Å². The first-order valence-electron chi connectivity index (χ1n) is 5.90. The SMILES string of the molecule is COc1ccc2c(ccn2C(=O)C(C)N(C)C)c1. The first kappa shape index (κ1) is 12.6. The van der Waals surface area contributed by atoms with E-state index in [0.29, 0.717) is 0 Å². The predicted molar refractivity (Wildman–Crippen MR) is 72.3 cm³/mol. The maximum absolute atomic E-state index is 12.3. The van der Waals surface area contributed by atoms with Crippen LogP contribution in [0.3, 0.4) is 0 Å². The number of methoxy groups -OCH3 is 1. The van der Waals surface area contributed by atoms with Crippen LogP contribution in [0.25, 0.3) is 10.9 Å². The lowest BCUT2D eigenvalue weighted by atomic mass is 10.2. The molecule has 1 heterocycles. The van der Waals surface area contributed by atoms with Crippen molar-refractivity contribution in [2.24, 2.45) is 0 Å². The molecule has 1 aromatic heterocycles. The zero-order chi connectivity index (χ0) is 13.3. The van der Waals surface area contributed by atoms with E-state index >= 15 is 0 Å². The van der Waals surface area contributed by atoms with Crippen molar-refractivity contribution < 1.29 is 9.53 Å². The van der Waals surface area contributed by atoms with Crippen LogP contribution in [0.1, 0.15) is 11.7 Å². The molecule has 0 N–H and O–H groups in total. The minimum absolute atomic E-state index is 0.0696. The van der Waals surface area contributed by atoms with Crippen molar-refractivity contribution in [3.05, 3.63) is 30.5 Å². The molecular weight excluding hydrogens is 228 g/mol. The highest BCUT2D eigenvalue weighted by Gasteiger charge is 2.18. The second-order valence-corrected chi connectivity index (χ2v) is 4.59. The van der Waals surface area contributed by atoms with Crippen molar-refractivity contribution in [1.82, 2.24) is 9.47 Å². The highest BCUT2D eigenvalue weighted by Crippen LogP contribution is 2.22. The topological polar surface area (TPSA) is 34.5 Å². The van der Waals surface area contributed by atoms with Crippen molar-refractivity contribution in [2.45, 2.75) is 13.0 Å². The van der Waals surface area contributed by atoms with Crippen molar-refractivity contribution in [3.63, 3.8) is 0 Å². The quantitative estimate of drug-likeness (QED) is 0.833. The summed E-state index contributed by atoms with van der Waals surface area (Å²) >= 11 is 0. The smallest absolute Gasteiger partial charge is 0.248 e. The summed E-state index contributed by atoms with van der Waals surface area (Å²) < 4.78 is 6.87. The molecule has 0 saturated heterocycles. The third kappa shape index (κ3) is 2.11. The molecule has 1 unspecified atom stereocenters. The molecule has 18 heavy (non-hydrogen) atoms. The molecule has 4 nitrogen and oxygen atoms in total. The van der Waals surface area contributed by atoms with Gasteiger partial charge < -0.3 is 4.74 Å². The van der Waals surface area contributed by atoms with Gasteiger partial charge in [0.25, 0.3) is 0 Å². The largest absolute Gasteiger partial charge is 0.497 e. The van der Waals surface area contributed by atoms with E-state index in [9.17, 15) is 4.79 Å². The minimum atomic E-state index is -0.150. The van der Waals surface area contributed by atoms with Gasteiger partial charge in [-0.2, -0.15) is 0 Å².